The summed E-state index contributed by atoms with van der Waals surface area (Å²) in [5.74, 6) is 0. The third kappa shape index (κ3) is 2.90. The summed E-state index contributed by atoms with van der Waals surface area (Å²) in [6.07, 6.45) is 2.96. The Morgan fingerprint density at radius 3 is 2.36 bits per heavy atom. The Kier molecular flexibility index (Phi) is 5.01. The zero-order valence-electron chi connectivity index (χ0n) is 12.9. The SMILES string of the molecule is CC(O)C(N1CCOCC1)C1(c2ccc(Cl)c(Cl)c2)CCC1. The summed E-state index contributed by atoms with van der Waals surface area (Å²) in [5.41, 5.74) is 1.17. The fraction of sp³-hybridized carbons (Fsp3) is 0.647. The van der Waals surface area contributed by atoms with Crippen molar-refractivity contribution in [2.75, 3.05) is 26.3 Å². The fourth-order valence-electron chi connectivity index (χ4n) is 4.09. The highest BCUT2D eigenvalue weighted by Gasteiger charge is 2.50. The van der Waals surface area contributed by atoms with Crippen molar-refractivity contribution in [3.05, 3.63) is 33.8 Å². The smallest absolute Gasteiger partial charge is 0.0676 e. The lowest BCUT2D eigenvalue weighted by Crippen LogP contribution is -2.61. The maximum atomic E-state index is 10.5. The molecule has 3 nitrogen and oxygen atoms in total. The number of hydrogen-bond donors (Lipinski definition) is 1. The summed E-state index contributed by atoms with van der Waals surface area (Å²) in [6.45, 7) is 5.12. The van der Waals surface area contributed by atoms with Crippen LogP contribution in [0.3, 0.4) is 0 Å². The summed E-state index contributed by atoms with van der Waals surface area (Å²) < 4.78 is 5.47. The van der Waals surface area contributed by atoms with Crippen LogP contribution >= 0.6 is 23.2 Å². The van der Waals surface area contributed by atoms with Gasteiger partial charge < -0.3 is 9.84 Å². The van der Waals surface area contributed by atoms with Gasteiger partial charge in [-0.25, -0.2) is 0 Å². The van der Waals surface area contributed by atoms with Crippen LogP contribution in [0.2, 0.25) is 10.0 Å². The molecule has 22 heavy (non-hydrogen) atoms. The predicted octanol–water partition coefficient (Wildman–Crippen LogP) is 3.50. The molecule has 3 rings (SSSR count). The molecular formula is C17H23Cl2NO2. The number of halogens is 2. The van der Waals surface area contributed by atoms with Gasteiger partial charge in [0.1, 0.15) is 0 Å². The lowest BCUT2D eigenvalue weighted by molar-refractivity contribution is -0.0629. The molecule has 1 aliphatic carbocycles. The quantitative estimate of drug-likeness (QED) is 0.908. The monoisotopic (exact) mass is 343 g/mol. The van der Waals surface area contributed by atoms with Gasteiger partial charge in [0.05, 0.1) is 29.4 Å². The Bertz CT molecular complexity index is 525. The predicted molar refractivity (Wildman–Crippen MR) is 89.9 cm³/mol. The second-order valence-electron chi connectivity index (χ2n) is 6.47. The van der Waals surface area contributed by atoms with E-state index in [4.69, 9.17) is 27.9 Å². The van der Waals surface area contributed by atoms with Crippen LogP contribution in [0.5, 0.6) is 0 Å². The Balaban J connectivity index is 1.96. The third-order valence-corrected chi connectivity index (χ3v) is 5.94. The molecular weight excluding hydrogens is 321 g/mol. The van der Waals surface area contributed by atoms with Crippen molar-refractivity contribution in [2.24, 2.45) is 0 Å². The van der Waals surface area contributed by atoms with Crippen LogP contribution in [-0.2, 0) is 10.2 Å². The van der Waals surface area contributed by atoms with Crippen LogP contribution in [0.25, 0.3) is 0 Å². The number of aliphatic hydroxyl groups is 1. The zero-order chi connectivity index (χ0) is 15.7. The average Bonchev–Trinajstić information content (AvgIpc) is 2.46. The van der Waals surface area contributed by atoms with Crippen molar-refractivity contribution < 1.29 is 9.84 Å². The summed E-state index contributed by atoms with van der Waals surface area (Å²) >= 11 is 12.3. The minimum atomic E-state index is -0.396. The van der Waals surface area contributed by atoms with E-state index in [0.29, 0.717) is 10.0 Å². The molecule has 0 radical (unpaired) electrons. The summed E-state index contributed by atoms with van der Waals surface area (Å²) in [5, 5.41) is 11.7. The summed E-state index contributed by atoms with van der Waals surface area (Å²) in [4.78, 5) is 2.38. The van der Waals surface area contributed by atoms with E-state index in [9.17, 15) is 5.11 Å². The van der Waals surface area contributed by atoms with Crippen LogP contribution < -0.4 is 0 Å². The van der Waals surface area contributed by atoms with E-state index in [1.807, 2.05) is 19.1 Å². The number of nitrogens with zero attached hydrogens (tertiary/aromatic N) is 1. The van der Waals surface area contributed by atoms with Gasteiger partial charge in [0.25, 0.3) is 0 Å². The molecule has 1 N–H and O–H groups in total. The molecule has 1 heterocycles. The van der Waals surface area contributed by atoms with Crippen LogP contribution in [0.15, 0.2) is 18.2 Å². The molecule has 0 bridgehead atoms. The topological polar surface area (TPSA) is 32.7 Å². The molecule has 1 aliphatic heterocycles. The molecule has 1 aromatic carbocycles. The van der Waals surface area contributed by atoms with Crippen molar-refractivity contribution in [3.63, 3.8) is 0 Å². The van der Waals surface area contributed by atoms with E-state index in [-0.39, 0.29) is 11.5 Å². The fourth-order valence-corrected chi connectivity index (χ4v) is 4.39. The molecule has 2 atom stereocenters. The highest BCUT2D eigenvalue weighted by atomic mass is 35.5. The maximum Gasteiger partial charge on any atom is 0.0676 e. The summed E-state index contributed by atoms with van der Waals surface area (Å²) in [6, 6.07) is 6.03. The maximum absolute atomic E-state index is 10.5. The van der Waals surface area contributed by atoms with Crippen LogP contribution in [0.1, 0.15) is 31.7 Å². The van der Waals surface area contributed by atoms with E-state index in [2.05, 4.69) is 11.0 Å². The standard InChI is InChI=1S/C17H23Cl2NO2/c1-12(21)16(20-7-9-22-10-8-20)17(5-2-6-17)13-3-4-14(18)15(19)11-13/h3-4,11-12,16,21H,2,5-10H2,1H3. The van der Waals surface area contributed by atoms with Crippen LogP contribution in [0.4, 0.5) is 0 Å². The third-order valence-electron chi connectivity index (χ3n) is 5.20. The van der Waals surface area contributed by atoms with E-state index >= 15 is 0 Å². The molecule has 1 saturated carbocycles. The second-order valence-corrected chi connectivity index (χ2v) is 7.29. The molecule has 122 valence electrons. The second kappa shape index (κ2) is 6.66. The largest absolute Gasteiger partial charge is 0.392 e. The lowest BCUT2D eigenvalue weighted by atomic mass is 9.58. The highest BCUT2D eigenvalue weighted by Crippen LogP contribution is 2.50. The summed E-state index contributed by atoms with van der Waals surface area (Å²) in [7, 11) is 0. The van der Waals surface area contributed by atoms with Crippen molar-refractivity contribution in [1.29, 1.82) is 0 Å². The molecule has 0 amide bonds. The Morgan fingerprint density at radius 1 is 1.18 bits per heavy atom. The molecule has 2 aliphatic rings. The zero-order valence-corrected chi connectivity index (χ0v) is 14.4. The Hall–Kier alpha value is -0.320. The molecule has 1 saturated heterocycles. The van der Waals surface area contributed by atoms with Gasteiger partial charge in [-0.3, -0.25) is 4.90 Å². The van der Waals surface area contributed by atoms with Gasteiger partial charge in [-0.2, -0.15) is 0 Å². The number of hydrogen-bond acceptors (Lipinski definition) is 3. The number of rotatable bonds is 4. The first-order valence-electron chi connectivity index (χ1n) is 8.00. The van der Waals surface area contributed by atoms with Gasteiger partial charge in [-0.1, -0.05) is 35.7 Å². The van der Waals surface area contributed by atoms with E-state index < -0.39 is 6.10 Å². The van der Waals surface area contributed by atoms with E-state index in [1.54, 1.807) is 0 Å². The van der Waals surface area contributed by atoms with Crippen molar-refractivity contribution >= 4 is 23.2 Å². The molecule has 2 fully saturated rings. The molecule has 0 spiro atoms. The van der Waals surface area contributed by atoms with Crippen LogP contribution in [-0.4, -0.2) is 48.5 Å². The van der Waals surface area contributed by atoms with Gasteiger partial charge in [-0.15, -0.1) is 0 Å². The molecule has 2 unspecified atom stereocenters. The number of ether oxygens (including phenoxy) is 1. The van der Waals surface area contributed by atoms with Gasteiger partial charge in [-0.05, 0) is 37.5 Å². The number of aliphatic hydroxyl groups excluding tert-OH is 1. The van der Waals surface area contributed by atoms with Crippen molar-refractivity contribution in [3.8, 4) is 0 Å². The average molecular weight is 344 g/mol. The van der Waals surface area contributed by atoms with Gasteiger partial charge in [0, 0.05) is 24.5 Å². The minimum Gasteiger partial charge on any atom is -0.392 e. The Morgan fingerprint density at radius 2 is 1.86 bits per heavy atom. The molecule has 0 aromatic heterocycles. The van der Waals surface area contributed by atoms with Crippen molar-refractivity contribution in [2.45, 2.75) is 43.7 Å². The van der Waals surface area contributed by atoms with Crippen molar-refractivity contribution in [1.82, 2.24) is 4.90 Å². The molecule has 5 heteroatoms. The van der Waals surface area contributed by atoms with Gasteiger partial charge in [0.15, 0.2) is 0 Å². The molecule has 1 aromatic rings. The minimum absolute atomic E-state index is 0.0280. The van der Waals surface area contributed by atoms with Gasteiger partial charge >= 0.3 is 0 Å². The van der Waals surface area contributed by atoms with Crippen LogP contribution in [0, 0.1) is 0 Å². The Labute approximate surface area is 142 Å². The van der Waals surface area contributed by atoms with E-state index in [0.717, 1.165) is 39.1 Å². The normalized spacial score (nSPS) is 24.5. The number of benzene rings is 1. The first-order chi connectivity index (χ1) is 10.5. The highest BCUT2D eigenvalue weighted by molar-refractivity contribution is 6.42. The van der Waals surface area contributed by atoms with Gasteiger partial charge in [0.2, 0.25) is 0 Å². The lowest BCUT2D eigenvalue weighted by Gasteiger charge is -2.54. The first-order valence-corrected chi connectivity index (χ1v) is 8.75. The first kappa shape index (κ1) is 16.5. The number of morpholine rings is 1. The van der Waals surface area contributed by atoms with E-state index in [1.165, 1.54) is 12.0 Å².